The van der Waals surface area contributed by atoms with Gasteiger partial charge in [-0.1, -0.05) is 11.6 Å². The molecule has 0 fully saturated rings. The second kappa shape index (κ2) is 5.05. The van der Waals surface area contributed by atoms with Crippen molar-refractivity contribution in [2.24, 2.45) is 0 Å². The highest BCUT2D eigenvalue weighted by atomic mass is 35.5. The van der Waals surface area contributed by atoms with E-state index in [4.69, 9.17) is 11.6 Å². The van der Waals surface area contributed by atoms with E-state index in [9.17, 15) is 22.0 Å². The number of hydrogen-bond donors (Lipinski definition) is 0. The molecule has 0 saturated carbocycles. The van der Waals surface area contributed by atoms with Crippen LogP contribution in [0.4, 0.5) is 22.0 Å². The van der Waals surface area contributed by atoms with Gasteiger partial charge in [0.25, 0.3) is 0 Å². The van der Waals surface area contributed by atoms with Gasteiger partial charge >= 0.3 is 12.8 Å². The number of rotatable bonds is 2. The first kappa shape index (κ1) is 14.8. The molecule has 2 aromatic rings. The van der Waals surface area contributed by atoms with E-state index in [1.165, 1.54) is 0 Å². The molecule has 0 amide bonds. The van der Waals surface area contributed by atoms with Crippen molar-refractivity contribution in [3.63, 3.8) is 0 Å². The maximum Gasteiger partial charge on any atom is 0.433 e. The molecule has 0 aliphatic carbocycles. The Morgan fingerprint density at radius 3 is 2.45 bits per heavy atom. The highest BCUT2D eigenvalue weighted by Gasteiger charge is 2.35. The van der Waals surface area contributed by atoms with Crippen LogP contribution in [0.1, 0.15) is 11.3 Å². The van der Waals surface area contributed by atoms with Crippen LogP contribution in [0.3, 0.4) is 0 Å². The van der Waals surface area contributed by atoms with Crippen LogP contribution in [0, 0.1) is 6.92 Å². The Balaban J connectivity index is 2.64. The van der Waals surface area contributed by atoms with Gasteiger partial charge in [0.2, 0.25) is 0 Å². The molecule has 0 radical (unpaired) electrons. The highest BCUT2D eigenvalue weighted by Crippen LogP contribution is 2.37. The summed E-state index contributed by atoms with van der Waals surface area (Å²) in [4.78, 5) is 3.47. The molecule has 2 rings (SSSR count). The molecule has 0 saturated heterocycles. The zero-order valence-electron chi connectivity index (χ0n) is 9.93. The second-order valence-electron chi connectivity index (χ2n) is 3.95. The van der Waals surface area contributed by atoms with E-state index in [1.807, 2.05) is 0 Å². The molecule has 1 heterocycles. The lowest BCUT2D eigenvalue weighted by molar-refractivity contribution is -0.141. The third kappa shape index (κ3) is 2.77. The Kier molecular flexibility index (Phi) is 3.73. The van der Waals surface area contributed by atoms with E-state index in [-0.39, 0.29) is 27.2 Å². The first-order chi connectivity index (χ1) is 9.20. The van der Waals surface area contributed by atoms with Gasteiger partial charge in [0.15, 0.2) is 0 Å². The van der Waals surface area contributed by atoms with Crippen LogP contribution in [0.15, 0.2) is 18.2 Å². The number of hydrogen-bond acceptors (Lipinski definition) is 2. The van der Waals surface area contributed by atoms with Crippen molar-refractivity contribution < 1.29 is 26.7 Å². The van der Waals surface area contributed by atoms with Gasteiger partial charge in [-0.05, 0) is 30.7 Å². The Morgan fingerprint density at radius 1 is 1.25 bits per heavy atom. The Hall–Kier alpha value is -1.63. The summed E-state index contributed by atoms with van der Waals surface area (Å²) in [5, 5.41) is -0.0719. The zero-order chi connectivity index (χ0) is 15.1. The Morgan fingerprint density at radius 2 is 1.90 bits per heavy atom. The van der Waals surface area contributed by atoms with Gasteiger partial charge in [-0.15, -0.1) is 0 Å². The van der Waals surface area contributed by atoms with Crippen molar-refractivity contribution in [1.82, 2.24) is 4.98 Å². The molecule has 2 nitrogen and oxygen atoms in total. The Labute approximate surface area is 115 Å². The number of alkyl halides is 5. The van der Waals surface area contributed by atoms with E-state index in [0.29, 0.717) is 0 Å². The van der Waals surface area contributed by atoms with Crippen molar-refractivity contribution in [3.05, 3.63) is 34.5 Å². The molecular formula is C12H7ClF5NO. The van der Waals surface area contributed by atoms with Gasteiger partial charge in [0, 0.05) is 5.39 Å². The van der Waals surface area contributed by atoms with Crippen molar-refractivity contribution >= 4 is 22.5 Å². The van der Waals surface area contributed by atoms with Crippen LogP contribution in [0.5, 0.6) is 5.75 Å². The summed E-state index contributed by atoms with van der Waals surface area (Å²) in [5.41, 5.74) is -1.41. The van der Waals surface area contributed by atoms with Crippen LogP contribution in [-0.2, 0) is 6.18 Å². The van der Waals surface area contributed by atoms with Gasteiger partial charge in [-0.2, -0.15) is 22.0 Å². The van der Waals surface area contributed by atoms with Crippen LogP contribution >= 0.6 is 11.6 Å². The number of benzene rings is 1. The number of pyridine rings is 1. The topological polar surface area (TPSA) is 22.1 Å². The van der Waals surface area contributed by atoms with Crippen molar-refractivity contribution in [3.8, 4) is 5.75 Å². The SMILES string of the molecule is Cc1c(C(F)(F)F)nc2ccc(OC(F)F)cc2c1Cl. The van der Waals surface area contributed by atoms with Crippen LogP contribution < -0.4 is 4.74 Å². The first-order valence-corrected chi connectivity index (χ1v) is 5.70. The van der Waals surface area contributed by atoms with Crippen molar-refractivity contribution in [2.75, 3.05) is 0 Å². The summed E-state index contributed by atoms with van der Waals surface area (Å²) < 4.78 is 66.7. The summed E-state index contributed by atoms with van der Waals surface area (Å²) in [6.45, 7) is -1.87. The van der Waals surface area contributed by atoms with E-state index >= 15 is 0 Å². The number of aromatic nitrogens is 1. The predicted molar refractivity (Wildman–Crippen MR) is 63.1 cm³/mol. The highest BCUT2D eigenvalue weighted by molar-refractivity contribution is 6.36. The first-order valence-electron chi connectivity index (χ1n) is 5.32. The molecule has 0 atom stereocenters. The molecule has 0 unspecified atom stereocenters. The lowest BCUT2D eigenvalue weighted by Gasteiger charge is -2.13. The largest absolute Gasteiger partial charge is 0.435 e. The van der Waals surface area contributed by atoms with Crippen LogP contribution in [-0.4, -0.2) is 11.6 Å². The van der Waals surface area contributed by atoms with Crippen LogP contribution in [0.25, 0.3) is 10.9 Å². The van der Waals surface area contributed by atoms with E-state index in [0.717, 1.165) is 25.1 Å². The summed E-state index contributed by atoms with van der Waals surface area (Å²) >= 11 is 5.86. The summed E-state index contributed by atoms with van der Waals surface area (Å²) in [6, 6.07) is 3.38. The molecule has 108 valence electrons. The summed E-state index contributed by atoms with van der Waals surface area (Å²) in [7, 11) is 0. The van der Waals surface area contributed by atoms with Crippen molar-refractivity contribution in [2.45, 2.75) is 19.7 Å². The number of fused-ring (bicyclic) bond motifs is 1. The Bertz CT molecular complexity index is 656. The number of ether oxygens (including phenoxy) is 1. The quantitative estimate of drug-likeness (QED) is 0.742. The van der Waals surface area contributed by atoms with E-state index < -0.39 is 18.5 Å². The maximum atomic E-state index is 12.8. The lowest BCUT2D eigenvalue weighted by atomic mass is 10.1. The minimum absolute atomic E-state index is 0.0467. The summed E-state index contributed by atoms with van der Waals surface area (Å²) in [6.07, 6.45) is -4.64. The molecule has 1 aromatic heterocycles. The summed E-state index contributed by atoms with van der Waals surface area (Å²) in [5.74, 6) is -0.199. The van der Waals surface area contributed by atoms with Crippen molar-refractivity contribution in [1.29, 1.82) is 0 Å². The van der Waals surface area contributed by atoms with Gasteiger partial charge in [0.05, 0.1) is 10.5 Å². The molecule has 20 heavy (non-hydrogen) atoms. The second-order valence-corrected chi connectivity index (χ2v) is 4.33. The molecule has 0 spiro atoms. The average Bonchev–Trinajstić information content (AvgIpc) is 2.32. The third-order valence-electron chi connectivity index (χ3n) is 2.61. The molecule has 0 aliphatic rings. The average molecular weight is 312 g/mol. The molecule has 8 heteroatoms. The third-order valence-corrected chi connectivity index (χ3v) is 3.10. The monoisotopic (exact) mass is 311 g/mol. The molecular weight excluding hydrogens is 305 g/mol. The minimum atomic E-state index is -4.64. The van der Waals surface area contributed by atoms with Crippen LogP contribution in [0.2, 0.25) is 5.02 Å². The standard InChI is InChI=1S/C12H7ClF5NO/c1-5-9(13)7-4-6(20-11(14)15)2-3-8(7)19-10(5)12(16,17)18/h2-4,11H,1H3. The zero-order valence-corrected chi connectivity index (χ0v) is 10.7. The smallest absolute Gasteiger partial charge is 0.433 e. The van der Waals surface area contributed by atoms with E-state index in [2.05, 4.69) is 9.72 Å². The number of nitrogens with zero attached hydrogens (tertiary/aromatic N) is 1. The van der Waals surface area contributed by atoms with Gasteiger partial charge in [-0.25, -0.2) is 4.98 Å². The van der Waals surface area contributed by atoms with Gasteiger partial charge in [0.1, 0.15) is 11.4 Å². The number of halogens is 6. The van der Waals surface area contributed by atoms with E-state index in [1.54, 1.807) is 0 Å². The fourth-order valence-corrected chi connectivity index (χ4v) is 1.99. The van der Waals surface area contributed by atoms with Gasteiger partial charge < -0.3 is 4.74 Å². The lowest BCUT2D eigenvalue weighted by Crippen LogP contribution is -2.11. The molecule has 0 aliphatic heterocycles. The normalized spacial score (nSPS) is 12.2. The van der Waals surface area contributed by atoms with Gasteiger partial charge in [-0.3, -0.25) is 0 Å². The fourth-order valence-electron chi connectivity index (χ4n) is 1.75. The molecule has 0 N–H and O–H groups in total. The minimum Gasteiger partial charge on any atom is -0.435 e. The molecule has 0 bridgehead atoms. The maximum absolute atomic E-state index is 12.8. The predicted octanol–water partition coefficient (Wildman–Crippen LogP) is 4.82. The molecule has 1 aromatic carbocycles. The fraction of sp³-hybridized carbons (Fsp3) is 0.250.